The highest BCUT2D eigenvalue weighted by Gasteiger charge is 2.38. The fraction of sp³-hybridized carbons (Fsp3) is 0.350. The molecule has 0 aliphatic carbocycles. The molecule has 1 unspecified atom stereocenters. The average molecular weight is 458 g/mol. The summed E-state index contributed by atoms with van der Waals surface area (Å²) in [4.78, 5) is 31.5. The van der Waals surface area contributed by atoms with Crippen LogP contribution < -0.4 is 10.2 Å². The van der Waals surface area contributed by atoms with Gasteiger partial charge in [0, 0.05) is 25.6 Å². The Labute approximate surface area is 185 Å². The van der Waals surface area contributed by atoms with Gasteiger partial charge in [-0.3, -0.25) is 28.7 Å². The molecule has 2 aliphatic rings. The van der Waals surface area contributed by atoms with Crippen LogP contribution in [0.4, 0.5) is 5.82 Å². The Hall–Kier alpha value is -3.22. The Balaban J connectivity index is 1.29. The lowest BCUT2D eigenvalue weighted by Crippen LogP contribution is -2.47. The maximum Gasteiger partial charge on any atom is 0.291 e. The van der Waals surface area contributed by atoms with Crippen LogP contribution in [0, 0.1) is 0 Å². The molecular formula is C20H23N7O4S. The van der Waals surface area contributed by atoms with Crippen molar-refractivity contribution in [1.82, 2.24) is 30.3 Å². The van der Waals surface area contributed by atoms with Crippen molar-refractivity contribution in [2.75, 3.05) is 11.9 Å². The minimum absolute atomic E-state index is 0.0248. The van der Waals surface area contributed by atoms with Gasteiger partial charge in [-0.1, -0.05) is 30.3 Å². The van der Waals surface area contributed by atoms with E-state index in [1.54, 1.807) is 11.7 Å². The number of nitrogens with one attached hydrogen (secondary N) is 2. The summed E-state index contributed by atoms with van der Waals surface area (Å²) in [5.41, 5.74) is 2.34. The molecule has 1 atom stereocenters. The minimum Gasteiger partial charge on any atom is -0.337 e. The highest BCUT2D eigenvalue weighted by atomic mass is 32.3. The van der Waals surface area contributed by atoms with E-state index in [0.29, 0.717) is 42.3 Å². The molecule has 2 aliphatic heterocycles. The normalized spacial score (nSPS) is 20.4. The number of benzene rings is 1. The molecule has 0 saturated carbocycles. The standard InChI is InChI=1S/C20H23N7O4S/c1-26-19-13-10-32(30,31)11-15(13)25-27(19)8-7-14(20(26)29)21-18(28)17-22-16(23-24-17)9-12-5-3-2-4-6-12/h2-6,14,30-31H,7-11H2,1H3,(H,21,28)(H,22,23,24). The van der Waals surface area contributed by atoms with Gasteiger partial charge in [-0.25, -0.2) is 9.67 Å². The molecule has 168 valence electrons. The highest BCUT2D eigenvalue weighted by Crippen LogP contribution is 2.54. The number of hydrogen-bond donors (Lipinski definition) is 4. The van der Waals surface area contributed by atoms with Gasteiger partial charge in [-0.05, 0) is 12.0 Å². The number of rotatable bonds is 4. The molecule has 2 amide bonds. The van der Waals surface area contributed by atoms with E-state index in [9.17, 15) is 18.7 Å². The minimum atomic E-state index is -2.74. The van der Waals surface area contributed by atoms with E-state index in [-0.39, 0.29) is 23.2 Å². The first-order chi connectivity index (χ1) is 15.3. The number of H-pyrrole nitrogens is 1. The van der Waals surface area contributed by atoms with E-state index in [1.165, 1.54) is 4.90 Å². The number of fused-ring (bicyclic) bond motifs is 3. The molecule has 4 N–H and O–H groups in total. The molecule has 1 aromatic carbocycles. The number of nitrogens with zero attached hydrogens (tertiary/aromatic N) is 5. The van der Waals surface area contributed by atoms with Crippen LogP contribution in [-0.2, 0) is 29.3 Å². The zero-order valence-electron chi connectivity index (χ0n) is 17.4. The molecule has 11 nitrogen and oxygen atoms in total. The van der Waals surface area contributed by atoms with Gasteiger partial charge < -0.3 is 5.32 Å². The Morgan fingerprint density at radius 3 is 2.84 bits per heavy atom. The fourth-order valence-electron chi connectivity index (χ4n) is 4.17. The third-order valence-corrected chi connectivity index (χ3v) is 7.16. The summed E-state index contributed by atoms with van der Waals surface area (Å²) in [5.74, 6) is 0.453. The van der Waals surface area contributed by atoms with Crippen LogP contribution in [-0.4, -0.2) is 59.0 Å². The number of aryl methyl sites for hydroxylation is 1. The van der Waals surface area contributed by atoms with Crippen molar-refractivity contribution in [2.24, 2.45) is 0 Å². The van der Waals surface area contributed by atoms with Gasteiger partial charge in [0.15, 0.2) is 0 Å². The number of likely N-dealkylation sites (N-methyl/N-ethyl adjacent to an activating group) is 1. The average Bonchev–Trinajstić information content (AvgIpc) is 3.40. The first-order valence-electron chi connectivity index (χ1n) is 10.2. The molecular weight excluding hydrogens is 434 g/mol. The van der Waals surface area contributed by atoms with Crippen molar-refractivity contribution < 1.29 is 18.7 Å². The fourth-order valence-corrected chi connectivity index (χ4v) is 5.70. The maximum atomic E-state index is 13.1. The lowest BCUT2D eigenvalue weighted by molar-refractivity contribution is -0.120. The van der Waals surface area contributed by atoms with E-state index in [0.717, 1.165) is 5.56 Å². The molecule has 5 rings (SSSR count). The van der Waals surface area contributed by atoms with Crippen LogP contribution in [0.5, 0.6) is 0 Å². The third-order valence-electron chi connectivity index (χ3n) is 5.68. The number of amides is 2. The van der Waals surface area contributed by atoms with Gasteiger partial charge in [0.05, 0.1) is 17.2 Å². The summed E-state index contributed by atoms with van der Waals surface area (Å²) in [5, 5.41) is 14.0. The third kappa shape index (κ3) is 3.76. The van der Waals surface area contributed by atoms with Gasteiger partial charge in [-0.2, -0.15) is 15.7 Å². The number of carbonyl (C=O) groups excluding carboxylic acids is 2. The molecule has 4 heterocycles. The van der Waals surface area contributed by atoms with Crippen LogP contribution in [0.3, 0.4) is 0 Å². The zero-order chi connectivity index (χ0) is 22.5. The van der Waals surface area contributed by atoms with E-state index in [1.807, 2.05) is 30.3 Å². The SMILES string of the molecule is CN1C(=O)C(NC(=O)c2n[nH]c(Cc3ccccc3)n2)CCn2nc3c(c21)CS(O)(O)C3. The number of aromatic amines is 1. The smallest absolute Gasteiger partial charge is 0.291 e. The van der Waals surface area contributed by atoms with Gasteiger partial charge in [-0.15, -0.1) is 5.10 Å². The van der Waals surface area contributed by atoms with Crippen molar-refractivity contribution in [3.63, 3.8) is 0 Å². The molecule has 32 heavy (non-hydrogen) atoms. The molecule has 0 radical (unpaired) electrons. The monoisotopic (exact) mass is 457 g/mol. The molecule has 0 saturated heterocycles. The van der Waals surface area contributed by atoms with E-state index < -0.39 is 22.5 Å². The second kappa shape index (κ2) is 7.73. The topological polar surface area (TPSA) is 149 Å². The maximum absolute atomic E-state index is 13.1. The second-order valence-electron chi connectivity index (χ2n) is 8.04. The van der Waals surface area contributed by atoms with Crippen LogP contribution in [0.2, 0.25) is 0 Å². The largest absolute Gasteiger partial charge is 0.337 e. The van der Waals surface area contributed by atoms with E-state index >= 15 is 0 Å². The van der Waals surface area contributed by atoms with Gasteiger partial charge in [0.1, 0.15) is 17.7 Å². The van der Waals surface area contributed by atoms with Crippen LogP contribution >= 0.6 is 10.6 Å². The van der Waals surface area contributed by atoms with E-state index in [4.69, 9.17) is 0 Å². The zero-order valence-corrected chi connectivity index (χ0v) is 18.2. The number of carbonyl (C=O) groups is 2. The molecule has 12 heteroatoms. The number of hydrogen-bond acceptors (Lipinski definition) is 7. The van der Waals surface area contributed by atoms with E-state index in [2.05, 4.69) is 25.6 Å². The molecule has 0 bridgehead atoms. The number of aromatic nitrogens is 5. The molecule has 0 spiro atoms. The van der Waals surface area contributed by atoms with Crippen LogP contribution in [0.25, 0.3) is 0 Å². The second-order valence-corrected chi connectivity index (χ2v) is 10.2. The lowest BCUT2D eigenvalue weighted by atomic mass is 10.1. The van der Waals surface area contributed by atoms with Crippen molar-refractivity contribution in [2.45, 2.75) is 36.9 Å². The van der Waals surface area contributed by atoms with Gasteiger partial charge >= 0.3 is 0 Å². The van der Waals surface area contributed by atoms with Crippen molar-refractivity contribution in [3.05, 3.63) is 58.8 Å². The van der Waals surface area contributed by atoms with Crippen LogP contribution in [0.15, 0.2) is 30.3 Å². The Morgan fingerprint density at radius 2 is 2.06 bits per heavy atom. The first kappa shape index (κ1) is 20.7. The van der Waals surface area contributed by atoms with Gasteiger partial charge in [0.2, 0.25) is 5.82 Å². The predicted molar refractivity (Wildman–Crippen MR) is 117 cm³/mol. The molecule has 2 aromatic heterocycles. The summed E-state index contributed by atoms with van der Waals surface area (Å²) >= 11 is 0. The predicted octanol–water partition coefficient (Wildman–Crippen LogP) is 1.52. The summed E-state index contributed by atoms with van der Waals surface area (Å²) in [6, 6.07) is 8.92. The summed E-state index contributed by atoms with van der Waals surface area (Å²) in [6.07, 6.45) is 0.859. The lowest BCUT2D eigenvalue weighted by Gasteiger charge is -2.26. The molecule has 0 fully saturated rings. The van der Waals surface area contributed by atoms with Crippen molar-refractivity contribution in [1.29, 1.82) is 0 Å². The van der Waals surface area contributed by atoms with Crippen molar-refractivity contribution >= 4 is 28.2 Å². The Morgan fingerprint density at radius 1 is 1.28 bits per heavy atom. The van der Waals surface area contributed by atoms with Crippen LogP contribution in [0.1, 0.15) is 39.7 Å². The highest BCUT2D eigenvalue weighted by molar-refractivity contribution is 8.23. The summed E-state index contributed by atoms with van der Waals surface area (Å²) < 4.78 is 21.8. The number of anilines is 1. The van der Waals surface area contributed by atoms with Gasteiger partial charge in [0.25, 0.3) is 11.8 Å². The quantitative estimate of drug-likeness (QED) is 0.464. The van der Waals surface area contributed by atoms with Crippen molar-refractivity contribution in [3.8, 4) is 0 Å². The Bertz CT molecular complexity index is 1190. The summed E-state index contributed by atoms with van der Waals surface area (Å²) in [7, 11) is -1.13. The Kier molecular flexibility index (Phi) is 4.99. The summed E-state index contributed by atoms with van der Waals surface area (Å²) in [6.45, 7) is 0.413. The first-order valence-corrected chi connectivity index (χ1v) is 12.0. The molecule has 3 aromatic rings.